The molecular formula is C15H21Re2-. The van der Waals surface area contributed by atoms with E-state index in [9.17, 15) is 0 Å². The van der Waals surface area contributed by atoms with Gasteiger partial charge >= 0.3 is 40.8 Å². The summed E-state index contributed by atoms with van der Waals surface area (Å²) in [6.07, 6.45) is 1.00. The average Bonchev–Trinajstić information content (AvgIpc) is 2.35. The standard InChI is InChI=1S/2C6H6.C3H7.2Re.2H/c2*1-2-4-6-5-3-1;1-3-2;;;;/h2*1-6H;1,3H2,2H3;;;;/q;;-1;;;;. The van der Waals surface area contributed by atoms with E-state index in [1.807, 2.05) is 79.7 Å². The summed E-state index contributed by atoms with van der Waals surface area (Å²) in [6.45, 7) is 5.50. The van der Waals surface area contributed by atoms with Gasteiger partial charge in [0.05, 0.1) is 0 Å². The Labute approximate surface area is 133 Å². The van der Waals surface area contributed by atoms with Gasteiger partial charge in [-0.1, -0.05) is 79.7 Å². The predicted octanol–water partition coefficient (Wildman–Crippen LogP) is 4.06. The fourth-order valence-electron chi connectivity index (χ4n) is 0.770. The molecule has 0 bridgehead atoms. The minimum atomic E-state index is 0. The normalized spacial score (nSPS) is 6.71. The Kier molecular flexibility index (Phi) is 27.3. The van der Waals surface area contributed by atoms with Gasteiger partial charge in [-0.2, -0.15) is 6.42 Å². The van der Waals surface area contributed by atoms with E-state index in [0.717, 1.165) is 6.42 Å². The van der Waals surface area contributed by atoms with Crippen LogP contribution in [0.3, 0.4) is 0 Å². The second kappa shape index (κ2) is 21.1. The van der Waals surface area contributed by atoms with Crippen LogP contribution >= 0.6 is 0 Å². The third-order valence-corrected chi connectivity index (χ3v) is 1.33. The zero-order valence-electron chi connectivity index (χ0n) is 10.2. The Morgan fingerprint density at radius 1 is 0.529 bits per heavy atom. The van der Waals surface area contributed by atoms with Crippen LogP contribution in [0.2, 0.25) is 0 Å². The largest absolute Gasteiger partial charge is 0.0623 e. The van der Waals surface area contributed by atoms with Crippen molar-refractivity contribution in [1.29, 1.82) is 0 Å². The summed E-state index contributed by atoms with van der Waals surface area (Å²) in [4.78, 5) is 0. The van der Waals surface area contributed by atoms with Crippen molar-refractivity contribution in [3.05, 3.63) is 79.7 Å². The maximum atomic E-state index is 3.49. The first-order valence-electron chi connectivity index (χ1n) is 5.21. The molecule has 0 heterocycles. The fraction of sp³-hybridized carbons (Fsp3) is 0.133. The maximum Gasteiger partial charge on any atom is -0.0623 e. The van der Waals surface area contributed by atoms with E-state index >= 15 is 0 Å². The summed E-state index contributed by atoms with van der Waals surface area (Å²) in [7, 11) is 0. The van der Waals surface area contributed by atoms with Crippen LogP contribution < -0.4 is 0 Å². The molecule has 2 aromatic carbocycles. The number of hydrogen-bond donors (Lipinski definition) is 0. The van der Waals surface area contributed by atoms with E-state index in [1.54, 1.807) is 0 Å². The van der Waals surface area contributed by atoms with Crippen LogP contribution in [0.4, 0.5) is 0 Å². The molecule has 0 saturated heterocycles. The Bertz CT molecular complexity index is 197. The van der Waals surface area contributed by atoms with E-state index in [0.29, 0.717) is 0 Å². The van der Waals surface area contributed by atoms with Crippen LogP contribution in [-0.2, 0) is 40.8 Å². The summed E-state index contributed by atoms with van der Waals surface area (Å²) >= 11 is 0. The molecule has 0 aliphatic carbocycles. The molecule has 2 aromatic rings. The van der Waals surface area contributed by atoms with Gasteiger partial charge in [-0.3, -0.25) is 0 Å². The third-order valence-electron chi connectivity index (χ3n) is 1.33. The third kappa shape index (κ3) is 21.6. The van der Waals surface area contributed by atoms with E-state index in [1.165, 1.54) is 0 Å². The molecular weight excluding hydrogens is 553 g/mol. The molecule has 0 saturated carbocycles. The number of benzene rings is 2. The molecule has 0 amide bonds. The predicted molar refractivity (Wildman–Crippen MR) is 71.3 cm³/mol. The van der Waals surface area contributed by atoms with Crippen molar-refractivity contribution in [3.8, 4) is 0 Å². The van der Waals surface area contributed by atoms with Crippen molar-refractivity contribution in [2.45, 2.75) is 13.3 Å². The molecule has 0 N–H and O–H groups in total. The van der Waals surface area contributed by atoms with Crippen LogP contribution in [0.25, 0.3) is 0 Å². The van der Waals surface area contributed by atoms with Crippen LogP contribution in [-0.4, -0.2) is 0 Å². The van der Waals surface area contributed by atoms with E-state index in [2.05, 4.69) is 6.92 Å². The van der Waals surface area contributed by atoms with E-state index in [-0.39, 0.29) is 40.8 Å². The summed E-state index contributed by atoms with van der Waals surface area (Å²) in [5, 5.41) is 0. The topological polar surface area (TPSA) is 0 Å². The van der Waals surface area contributed by atoms with Gasteiger partial charge in [0.25, 0.3) is 0 Å². The molecule has 17 heavy (non-hydrogen) atoms. The van der Waals surface area contributed by atoms with Gasteiger partial charge in [0.15, 0.2) is 0 Å². The first-order chi connectivity index (χ1) is 7.41. The van der Waals surface area contributed by atoms with Crippen molar-refractivity contribution in [3.63, 3.8) is 0 Å². The fourth-order valence-corrected chi connectivity index (χ4v) is 0.770. The van der Waals surface area contributed by atoms with Crippen molar-refractivity contribution >= 4 is 0 Å². The number of hydrogen-bond acceptors (Lipinski definition) is 0. The van der Waals surface area contributed by atoms with Crippen LogP contribution in [0, 0.1) is 6.92 Å². The van der Waals surface area contributed by atoms with Gasteiger partial charge in [0.2, 0.25) is 0 Å². The molecule has 0 spiro atoms. The molecule has 96 valence electrons. The Morgan fingerprint density at radius 2 is 0.588 bits per heavy atom. The van der Waals surface area contributed by atoms with Gasteiger partial charge < -0.3 is 6.92 Å². The molecule has 0 aromatic heterocycles. The van der Waals surface area contributed by atoms with Gasteiger partial charge in [-0.15, -0.1) is 0 Å². The van der Waals surface area contributed by atoms with Crippen molar-refractivity contribution < 1.29 is 40.8 Å². The van der Waals surface area contributed by atoms with Crippen LogP contribution in [0.15, 0.2) is 72.8 Å². The van der Waals surface area contributed by atoms with Gasteiger partial charge in [-0.05, 0) is 0 Å². The molecule has 2 heteroatoms. The second-order valence-electron chi connectivity index (χ2n) is 2.81. The summed E-state index contributed by atoms with van der Waals surface area (Å²) in [5.74, 6) is 0. The SMILES string of the molecule is [CH2-]CC.[ReH].[ReH].c1ccccc1.c1ccccc1. The Morgan fingerprint density at radius 3 is 0.647 bits per heavy atom. The van der Waals surface area contributed by atoms with Gasteiger partial charge in [0, 0.05) is 0 Å². The molecule has 0 atom stereocenters. The summed E-state index contributed by atoms with van der Waals surface area (Å²) in [6, 6.07) is 24.0. The zero-order valence-corrected chi connectivity index (χ0v) is 16.0. The second-order valence-corrected chi connectivity index (χ2v) is 2.81. The molecule has 2 radical (unpaired) electrons. The van der Waals surface area contributed by atoms with E-state index in [4.69, 9.17) is 0 Å². The summed E-state index contributed by atoms with van der Waals surface area (Å²) < 4.78 is 0. The molecule has 0 fully saturated rings. The smallest absolute Gasteiger partial charge is 0.0623 e. The number of rotatable bonds is 0. The summed E-state index contributed by atoms with van der Waals surface area (Å²) in [5.41, 5.74) is 0. The van der Waals surface area contributed by atoms with Crippen molar-refractivity contribution in [2.24, 2.45) is 0 Å². The molecule has 0 aliphatic rings. The minimum absolute atomic E-state index is 0. The minimum Gasteiger partial charge on any atom is -0.0623 e. The van der Waals surface area contributed by atoms with Crippen LogP contribution in [0.5, 0.6) is 0 Å². The van der Waals surface area contributed by atoms with E-state index < -0.39 is 0 Å². The van der Waals surface area contributed by atoms with Crippen LogP contribution in [0.1, 0.15) is 13.3 Å². The van der Waals surface area contributed by atoms with Crippen molar-refractivity contribution in [2.75, 3.05) is 0 Å². The maximum absolute atomic E-state index is 3.49. The average molecular weight is 574 g/mol. The zero-order chi connectivity index (χ0) is 11.2. The monoisotopic (exact) mass is 575 g/mol. The molecule has 0 aliphatic heterocycles. The molecule has 0 unspecified atom stereocenters. The quantitative estimate of drug-likeness (QED) is 0.417. The van der Waals surface area contributed by atoms with Gasteiger partial charge in [-0.25, -0.2) is 0 Å². The van der Waals surface area contributed by atoms with Gasteiger partial charge in [0.1, 0.15) is 0 Å². The first kappa shape index (κ1) is 22.0. The van der Waals surface area contributed by atoms with Crippen molar-refractivity contribution in [1.82, 2.24) is 0 Å². The molecule has 2 rings (SSSR count). The Hall–Kier alpha value is -0.235. The first-order valence-corrected chi connectivity index (χ1v) is 5.21. The molecule has 0 nitrogen and oxygen atoms in total. The Balaban J connectivity index is -0.000000173.